The Morgan fingerprint density at radius 3 is 2.44 bits per heavy atom. The van der Waals surface area contributed by atoms with Crippen molar-refractivity contribution < 1.29 is 9.90 Å². The van der Waals surface area contributed by atoms with Gasteiger partial charge in [-0.05, 0) is 54.0 Å². The molecule has 0 fully saturated rings. The number of carbonyl (C=O) groups is 1. The van der Waals surface area contributed by atoms with Gasteiger partial charge < -0.3 is 10.0 Å². The molecule has 2 heterocycles. The molecule has 0 spiro atoms. The van der Waals surface area contributed by atoms with Crippen molar-refractivity contribution in [2.75, 3.05) is 13.1 Å². The van der Waals surface area contributed by atoms with Crippen LogP contribution >= 0.6 is 0 Å². The topological polar surface area (TPSA) is 58.4 Å². The van der Waals surface area contributed by atoms with Crippen LogP contribution in [0.3, 0.4) is 0 Å². The predicted octanol–water partition coefficient (Wildman–Crippen LogP) is 4.98. The molecule has 1 amide bonds. The van der Waals surface area contributed by atoms with E-state index in [0.29, 0.717) is 25.9 Å². The van der Waals surface area contributed by atoms with Crippen molar-refractivity contribution in [3.63, 3.8) is 0 Å². The highest BCUT2D eigenvalue weighted by atomic mass is 16.3. The first-order valence-corrected chi connectivity index (χ1v) is 11.0. The summed E-state index contributed by atoms with van der Waals surface area (Å²) in [5.41, 5.74) is 5.38. The Morgan fingerprint density at radius 2 is 1.69 bits per heavy atom. The number of phenolic OH excluding ortho intramolecular Hbond substituents is 1. The largest absolute Gasteiger partial charge is 0.508 e. The minimum atomic E-state index is 0.151. The molecular formula is C27H25N3O2. The number of hydrogen-bond acceptors (Lipinski definition) is 3. The first kappa shape index (κ1) is 20.1. The lowest BCUT2D eigenvalue weighted by Crippen LogP contribution is -2.34. The summed E-state index contributed by atoms with van der Waals surface area (Å²) in [5.74, 6) is 1.32. The summed E-state index contributed by atoms with van der Waals surface area (Å²) in [5, 5.41) is 9.48. The number of phenols is 1. The quantitative estimate of drug-likeness (QED) is 0.493. The zero-order valence-electron chi connectivity index (χ0n) is 17.8. The summed E-state index contributed by atoms with van der Waals surface area (Å²) in [6.45, 7) is 1.32. The number of amides is 1. The Balaban J connectivity index is 1.30. The van der Waals surface area contributed by atoms with E-state index in [1.54, 1.807) is 12.1 Å². The molecule has 0 saturated heterocycles. The highest BCUT2D eigenvalue weighted by Gasteiger charge is 2.20. The summed E-state index contributed by atoms with van der Waals surface area (Å²) in [6.07, 6.45) is 3.96. The molecule has 1 aliphatic rings. The Labute approximate surface area is 187 Å². The molecule has 160 valence electrons. The number of imidazole rings is 1. The van der Waals surface area contributed by atoms with Gasteiger partial charge >= 0.3 is 0 Å². The minimum Gasteiger partial charge on any atom is -0.508 e. The molecular weight excluding hydrogens is 398 g/mol. The van der Waals surface area contributed by atoms with Crippen LogP contribution in [0.1, 0.15) is 24.2 Å². The smallest absolute Gasteiger partial charge is 0.223 e. The fourth-order valence-corrected chi connectivity index (χ4v) is 4.32. The van der Waals surface area contributed by atoms with Gasteiger partial charge in [-0.15, -0.1) is 0 Å². The summed E-state index contributed by atoms with van der Waals surface area (Å²) < 4.78 is 2.15. The van der Waals surface area contributed by atoms with Crippen LogP contribution in [0.15, 0.2) is 84.9 Å². The van der Waals surface area contributed by atoms with E-state index in [-0.39, 0.29) is 11.7 Å². The summed E-state index contributed by atoms with van der Waals surface area (Å²) >= 11 is 0. The molecule has 1 aliphatic heterocycles. The highest BCUT2D eigenvalue weighted by molar-refractivity contribution is 5.80. The van der Waals surface area contributed by atoms with Gasteiger partial charge in [0.25, 0.3) is 0 Å². The van der Waals surface area contributed by atoms with Crippen molar-refractivity contribution in [2.24, 2.45) is 0 Å². The van der Waals surface area contributed by atoms with Gasteiger partial charge in [0.05, 0.1) is 11.0 Å². The van der Waals surface area contributed by atoms with Crippen LogP contribution in [0.5, 0.6) is 5.75 Å². The van der Waals surface area contributed by atoms with Gasteiger partial charge in [0, 0.05) is 31.6 Å². The predicted molar refractivity (Wildman–Crippen MR) is 127 cm³/mol. The maximum absolute atomic E-state index is 12.9. The van der Waals surface area contributed by atoms with Gasteiger partial charge in [-0.3, -0.25) is 9.36 Å². The lowest BCUT2D eigenvalue weighted by molar-refractivity contribution is -0.130. The molecule has 5 nitrogen and oxygen atoms in total. The van der Waals surface area contributed by atoms with Crippen molar-refractivity contribution in [1.29, 1.82) is 0 Å². The third kappa shape index (κ3) is 4.02. The van der Waals surface area contributed by atoms with Crippen LogP contribution in [0, 0.1) is 0 Å². The van der Waals surface area contributed by atoms with Crippen LogP contribution < -0.4 is 0 Å². The molecule has 0 atom stereocenters. The molecule has 32 heavy (non-hydrogen) atoms. The van der Waals surface area contributed by atoms with Crippen molar-refractivity contribution in [2.45, 2.75) is 19.3 Å². The van der Waals surface area contributed by atoms with E-state index in [1.807, 2.05) is 53.4 Å². The van der Waals surface area contributed by atoms with Crippen LogP contribution in [0.25, 0.3) is 22.3 Å². The van der Waals surface area contributed by atoms with E-state index in [1.165, 1.54) is 5.57 Å². The van der Waals surface area contributed by atoms with E-state index in [4.69, 9.17) is 4.98 Å². The second-order valence-electron chi connectivity index (χ2n) is 8.05. The van der Waals surface area contributed by atoms with E-state index in [9.17, 15) is 9.90 Å². The zero-order chi connectivity index (χ0) is 21.9. The van der Waals surface area contributed by atoms with Gasteiger partial charge in [-0.1, -0.05) is 48.5 Å². The molecule has 5 rings (SSSR count). The standard InChI is InChI=1S/C27H25N3O2/c31-23-12-10-20(11-13-23)21-16-18-29(19-17-21)27(32)15-14-26-28-24-8-4-5-9-25(24)30(26)22-6-2-1-3-7-22/h1-13,16,31H,14-15,17-19H2. The monoisotopic (exact) mass is 423 g/mol. The highest BCUT2D eigenvalue weighted by Crippen LogP contribution is 2.25. The average molecular weight is 424 g/mol. The molecule has 0 radical (unpaired) electrons. The molecule has 0 unspecified atom stereocenters. The molecule has 0 bridgehead atoms. The number of aromatic hydroxyl groups is 1. The van der Waals surface area contributed by atoms with E-state index >= 15 is 0 Å². The lowest BCUT2D eigenvalue weighted by atomic mass is 9.99. The molecule has 0 aliphatic carbocycles. The van der Waals surface area contributed by atoms with Crippen LogP contribution in [0.2, 0.25) is 0 Å². The maximum Gasteiger partial charge on any atom is 0.223 e. The van der Waals surface area contributed by atoms with Crippen molar-refractivity contribution >= 4 is 22.5 Å². The summed E-state index contributed by atoms with van der Waals surface area (Å²) in [7, 11) is 0. The Kier molecular flexibility index (Phi) is 5.46. The molecule has 0 saturated carbocycles. The van der Waals surface area contributed by atoms with Gasteiger partial charge in [-0.2, -0.15) is 0 Å². The number of fused-ring (bicyclic) bond motifs is 1. The van der Waals surface area contributed by atoms with E-state index in [0.717, 1.165) is 34.5 Å². The lowest BCUT2D eigenvalue weighted by Gasteiger charge is -2.27. The van der Waals surface area contributed by atoms with Crippen molar-refractivity contribution in [3.8, 4) is 11.4 Å². The Hall–Kier alpha value is -3.86. The van der Waals surface area contributed by atoms with Crippen molar-refractivity contribution in [3.05, 3.63) is 96.3 Å². The van der Waals surface area contributed by atoms with Gasteiger partial charge in [0.15, 0.2) is 0 Å². The van der Waals surface area contributed by atoms with Crippen LogP contribution in [-0.4, -0.2) is 38.6 Å². The molecule has 4 aromatic rings. The summed E-state index contributed by atoms with van der Waals surface area (Å²) in [4.78, 5) is 19.7. The fraction of sp³-hybridized carbons (Fsp3) is 0.185. The average Bonchev–Trinajstić information content (AvgIpc) is 3.22. The second-order valence-corrected chi connectivity index (χ2v) is 8.05. The van der Waals surface area contributed by atoms with Gasteiger partial charge in [-0.25, -0.2) is 4.98 Å². The number of benzene rings is 3. The number of para-hydroxylation sites is 3. The first-order valence-electron chi connectivity index (χ1n) is 11.0. The maximum atomic E-state index is 12.9. The van der Waals surface area contributed by atoms with Gasteiger partial charge in [0.2, 0.25) is 5.91 Å². The molecule has 5 heteroatoms. The Bertz CT molecular complexity index is 1270. The van der Waals surface area contributed by atoms with Crippen LogP contribution in [-0.2, 0) is 11.2 Å². The van der Waals surface area contributed by atoms with Gasteiger partial charge in [0.1, 0.15) is 11.6 Å². The number of nitrogens with zero attached hydrogens (tertiary/aromatic N) is 3. The SMILES string of the molecule is O=C(CCc1nc2ccccc2n1-c1ccccc1)N1CC=C(c2ccc(O)cc2)CC1. The third-order valence-corrected chi connectivity index (χ3v) is 6.01. The molecule has 1 N–H and O–H groups in total. The zero-order valence-corrected chi connectivity index (χ0v) is 17.8. The second kappa shape index (κ2) is 8.71. The van der Waals surface area contributed by atoms with E-state index in [2.05, 4.69) is 28.8 Å². The number of hydrogen-bond donors (Lipinski definition) is 1. The number of rotatable bonds is 5. The van der Waals surface area contributed by atoms with Crippen LogP contribution in [0.4, 0.5) is 0 Å². The normalized spacial score (nSPS) is 13.9. The number of aromatic nitrogens is 2. The number of carbonyl (C=O) groups excluding carboxylic acids is 1. The minimum absolute atomic E-state index is 0.151. The van der Waals surface area contributed by atoms with E-state index < -0.39 is 0 Å². The molecule has 1 aromatic heterocycles. The summed E-state index contributed by atoms with van der Waals surface area (Å²) in [6, 6.07) is 25.5. The number of aryl methyl sites for hydroxylation is 1. The third-order valence-electron chi connectivity index (χ3n) is 6.01. The first-order chi connectivity index (χ1) is 15.7. The fourth-order valence-electron chi connectivity index (χ4n) is 4.32. The molecule has 3 aromatic carbocycles. The van der Waals surface area contributed by atoms with Crippen molar-refractivity contribution in [1.82, 2.24) is 14.5 Å². The Morgan fingerprint density at radius 1 is 0.938 bits per heavy atom.